The van der Waals surface area contributed by atoms with E-state index in [9.17, 15) is 0 Å². The number of quaternary nitrogens is 1. The van der Waals surface area contributed by atoms with Crippen LogP contribution in [-0.4, -0.2) is 24.1 Å². The molecule has 0 aliphatic carbocycles. The predicted molar refractivity (Wildman–Crippen MR) is 100 cm³/mol. The van der Waals surface area contributed by atoms with Gasteiger partial charge < -0.3 is 8.90 Å². The van der Waals surface area contributed by atoms with Crippen molar-refractivity contribution in [3.63, 3.8) is 0 Å². The number of rotatable bonds is 15. The Morgan fingerprint density at radius 2 is 1.30 bits per heavy atom. The van der Waals surface area contributed by atoms with E-state index < -0.39 is 0 Å². The normalized spacial score (nSPS) is 12.0. The van der Waals surface area contributed by atoms with Gasteiger partial charge in [-0.2, -0.15) is 0 Å². The molecule has 0 fully saturated rings. The van der Waals surface area contributed by atoms with Gasteiger partial charge in [-0.15, -0.1) is 0 Å². The highest BCUT2D eigenvalue weighted by Crippen LogP contribution is 2.21. The molecule has 0 saturated carbocycles. The van der Waals surface area contributed by atoms with Crippen molar-refractivity contribution in [1.82, 2.24) is 0 Å². The van der Waals surface area contributed by atoms with Gasteiger partial charge in [-0.05, 0) is 37.8 Å². The fourth-order valence-electron chi connectivity index (χ4n) is 3.52. The Bertz CT molecular complexity index is 350. The summed E-state index contributed by atoms with van der Waals surface area (Å²) in [7, 11) is 0. The maximum atomic E-state index is 5.69. The molecule has 23 heavy (non-hydrogen) atoms. The minimum atomic E-state index is 1.09. The van der Waals surface area contributed by atoms with Crippen molar-refractivity contribution in [3.05, 3.63) is 24.2 Å². The summed E-state index contributed by atoms with van der Waals surface area (Å²) in [6.45, 7) is 12.0. The second kappa shape index (κ2) is 12.6. The number of hydrogen-bond acceptors (Lipinski definition) is 1. The molecular formula is C21H40NO+. The largest absolute Gasteiger partial charge is 0.463 e. The Balaban J connectivity index is 2.58. The summed E-state index contributed by atoms with van der Waals surface area (Å²) in [5, 5.41) is 0. The Kier molecular flexibility index (Phi) is 11.1. The van der Waals surface area contributed by atoms with Gasteiger partial charge in [0, 0.05) is 0 Å². The van der Waals surface area contributed by atoms with Gasteiger partial charge in [0.15, 0.2) is 5.76 Å². The second-order valence-corrected chi connectivity index (χ2v) is 7.22. The van der Waals surface area contributed by atoms with E-state index in [0.717, 1.165) is 6.54 Å². The summed E-state index contributed by atoms with van der Waals surface area (Å²) < 4.78 is 6.93. The standard InChI is InChI=1S/C21H40NO/c1-4-7-10-11-12-13-18-22(16-8-5-2,17-9-6-3)20-21-15-14-19-23-21/h14-15,19H,4-13,16-18,20H2,1-3H3/q+1. The van der Waals surface area contributed by atoms with Crippen LogP contribution in [0.15, 0.2) is 22.8 Å². The Morgan fingerprint density at radius 1 is 0.739 bits per heavy atom. The first-order valence-electron chi connectivity index (χ1n) is 10.1. The first kappa shape index (κ1) is 20.3. The van der Waals surface area contributed by atoms with E-state index in [0.29, 0.717) is 0 Å². The number of furan rings is 1. The third kappa shape index (κ3) is 8.60. The third-order valence-electron chi connectivity index (χ3n) is 5.03. The van der Waals surface area contributed by atoms with E-state index >= 15 is 0 Å². The predicted octanol–water partition coefficient (Wildman–Crippen LogP) is 6.56. The molecular weight excluding hydrogens is 282 g/mol. The van der Waals surface area contributed by atoms with Gasteiger partial charge in [0.25, 0.3) is 0 Å². The van der Waals surface area contributed by atoms with Crippen LogP contribution in [0.5, 0.6) is 0 Å². The van der Waals surface area contributed by atoms with Crippen LogP contribution < -0.4 is 0 Å². The lowest BCUT2D eigenvalue weighted by atomic mass is 10.1. The van der Waals surface area contributed by atoms with E-state index in [1.165, 1.54) is 94.1 Å². The van der Waals surface area contributed by atoms with Crippen LogP contribution in [0.2, 0.25) is 0 Å². The van der Waals surface area contributed by atoms with E-state index in [4.69, 9.17) is 4.42 Å². The molecule has 0 spiro atoms. The van der Waals surface area contributed by atoms with E-state index in [2.05, 4.69) is 26.8 Å². The molecule has 0 saturated heterocycles. The summed E-state index contributed by atoms with van der Waals surface area (Å²) in [6, 6.07) is 4.19. The van der Waals surface area contributed by atoms with Crippen molar-refractivity contribution in [1.29, 1.82) is 0 Å². The van der Waals surface area contributed by atoms with Gasteiger partial charge in [0.05, 0.1) is 25.9 Å². The van der Waals surface area contributed by atoms with Gasteiger partial charge in [0.2, 0.25) is 0 Å². The molecule has 134 valence electrons. The SMILES string of the molecule is CCCCCCCC[N+](CCCC)(CCCC)Cc1ccco1. The molecule has 0 aliphatic heterocycles. The van der Waals surface area contributed by atoms with E-state index in [1.54, 1.807) is 0 Å². The van der Waals surface area contributed by atoms with Crippen molar-refractivity contribution in [2.45, 2.75) is 91.5 Å². The van der Waals surface area contributed by atoms with Crippen LogP contribution in [0.3, 0.4) is 0 Å². The van der Waals surface area contributed by atoms with Crippen molar-refractivity contribution in [2.75, 3.05) is 19.6 Å². The minimum Gasteiger partial charge on any atom is -0.463 e. The Hall–Kier alpha value is -0.760. The molecule has 1 aromatic heterocycles. The lowest BCUT2D eigenvalue weighted by Crippen LogP contribution is -2.49. The molecule has 0 radical (unpaired) electrons. The third-order valence-corrected chi connectivity index (χ3v) is 5.03. The lowest BCUT2D eigenvalue weighted by Gasteiger charge is -2.38. The maximum Gasteiger partial charge on any atom is 0.158 e. The average Bonchev–Trinajstić information content (AvgIpc) is 3.07. The minimum absolute atomic E-state index is 1.09. The molecule has 0 aliphatic rings. The van der Waals surface area contributed by atoms with Gasteiger partial charge in [-0.25, -0.2) is 0 Å². The van der Waals surface area contributed by atoms with Crippen LogP contribution in [-0.2, 0) is 6.54 Å². The lowest BCUT2D eigenvalue weighted by molar-refractivity contribution is -0.942. The number of nitrogens with zero attached hydrogens (tertiary/aromatic N) is 1. The summed E-state index contributed by atoms with van der Waals surface area (Å²) in [5.74, 6) is 1.17. The maximum absolute atomic E-state index is 5.69. The monoisotopic (exact) mass is 322 g/mol. The highest BCUT2D eigenvalue weighted by atomic mass is 16.3. The van der Waals surface area contributed by atoms with Gasteiger partial charge in [0.1, 0.15) is 6.54 Å². The summed E-state index contributed by atoms with van der Waals surface area (Å²) in [5.41, 5.74) is 0. The van der Waals surface area contributed by atoms with E-state index in [1.807, 2.05) is 12.3 Å². The molecule has 0 amide bonds. The van der Waals surface area contributed by atoms with Gasteiger partial charge in [-0.3, -0.25) is 0 Å². The number of unbranched alkanes of at least 4 members (excludes halogenated alkanes) is 7. The van der Waals surface area contributed by atoms with Crippen LogP contribution in [0.25, 0.3) is 0 Å². The van der Waals surface area contributed by atoms with E-state index in [-0.39, 0.29) is 0 Å². The van der Waals surface area contributed by atoms with Gasteiger partial charge in [-0.1, -0.05) is 59.3 Å². The zero-order valence-corrected chi connectivity index (χ0v) is 16.0. The van der Waals surface area contributed by atoms with Crippen LogP contribution >= 0.6 is 0 Å². The first-order chi connectivity index (χ1) is 11.3. The molecule has 1 aromatic rings. The Morgan fingerprint density at radius 3 is 1.87 bits per heavy atom. The second-order valence-electron chi connectivity index (χ2n) is 7.22. The molecule has 0 atom stereocenters. The topological polar surface area (TPSA) is 13.1 Å². The fraction of sp³-hybridized carbons (Fsp3) is 0.810. The average molecular weight is 323 g/mol. The molecule has 1 heterocycles. The van der Waals surface area contributed by atoms with Crippen molar-refractivity contribution < 1.29 is 8.90 Å². The molecule has 0 bridgehead atoms. The smallest absolute Gasteiger partial charge is 0.158 e. The van der Waals surface area contributed by atoms with Crippen molar-refractivity contribution in [2.24, 2.45) is 0 Å². The molecule has 2 heteroatoms. The highest BCUT2D eigenvalue weighted by Gasteiger charge is 2.27. The zero-order valence-electron chi connectivity index (χ0n) is 16.0. The van der Waals surface area contributed by atoms with Crippen LogP contribution in [0.4, 0.5) is 0 Å². The van der Waals surface area contributed by atoms with Crippen LogP contribution in [0.1, 0.15) is 90.7 Å². The molecule has 0 unspecified atom stereocenters. The molecule has 2 nitrogen and oxygen atoms in total. The van der Waals surface area contributed by atoms with Crippen molar-refractivity contribution in [3.8, 4) is 0 Å². The quantitative estimate of drug-likeness (QED) is 0.263. The first-order valence-corrected chi connectivity index (χ1v) is 10.1. The van der Waals surface area contributed by atoms with Crippen LogP contribution in [0, 0.1) is 0 Å². The number of hydrogen-bond donors (Lipinski definition) is 0. The fourth-order valence-corrected chi connectivity index (χ4v) is 3.52. The highest BCUT2D eigenvalue weighted by molar-refractivity contribution is 4.96. The van der Waals surface area contributed by atoms with Crippen molar-refractivity contribution >= 4 is 0 Å². The summed E-state index contributed by atoms with van der Waals surface area (Å²) >= 11 is 0. The zero-order chi connectivity index (χ0) is 16.8. The van der Waals surface area contributed by atoms with Gasteiger partial charge >= 0.3 is 0 Å². The molecule has 0 aromatic carbocycles. The Labute approximate surface area is 144 Å². The summed E-state index contributed by atoms with van der Waals surface area (Å²) in [6.07, 6.45) is 15.4. The molecule has 1 rings (SSSR count). The molecule has 0 N–H and O–H groups in total. The summed E-state index contributed by atoms with van der Waals surface area (Å²) in [4.78, 5) is 0.